The number of hydrogen-bond acceptors (Lipinski definition) is 6. The number of methoxy groups -OCH3 is 1. The molecule has 1 atom stereocenters. The molecule has 3 heterocycles. The van der Waals surface area contributed by atoms with Crippen LogP contribution in [0.2, 0.25) is 0 Å². The molecule has 2 N–H and O–H groups in total. The molecule has 10 heteroatoms. The lowest BCUT2D eigenvalue weighted by molar-refractivity contribution is -0.114. The first-order valence-corrected chi connectivity index (χ1v) is 10.5. The van der Waals surface area contributed by atoms with Crippen molar-refractivity contribution in [2.24, 2.45) is 0 Å². The van der Waals surface area contributed by atoms with Crippen LogP contribution in [0, 0.1) is 11.6 Å². The molecule has 33 heavy (non-hydrogen) atoms. The molecule has 1 amide bonds. The van der Waals surface area contributed by atoms with Crippen molar-refractivity contribution in [1.82, 2.24) is 9.55 Å². The van der Waals surface area contributed by atoms with Crippen molar-refractivity contribution in [3.05, 3.63) is 53.4 Å². The van der Waals surface area contributed by atoms with Crippen LogP contribution in [0.3, 0.4) is 0 Å². The highest BCUT2D eigenvalue weighted by Crippen LogP contribution is 2.34. The van der Waals surface area contributed by atoms with Gasteiger partial charge < -0.3 is 24.7 Å². The van der Waals surface area contributed by atoms with Crippen molar-refractivity contribution >= 4 is 34.3 Å². The van der Waals surface area contributed by atoms with Crippen molar-refractivity contribution in [3.63, 3.8) is 0 Å². The Morgan fingerprint density at radius 3 is 2.64 bits per heavy atom. The number of amides is 1. The van der Waals surface area contributed by atoms with E-state index in [0.717, 1.165) is 18.9 Å². The summed E-state index contributed by atoms with van der Waals surface area (Å²) in [4.78, 5) is 29.1. The van der Waals surface area contributed by atoms with Gasteiger partial charge >= 0.3 is 5.97 Å². The number of nitrogens with one attached hydrogen (secondary N) is 2. The number of halogens is 2. The average Bonchev–Trinajstić information content (AvgIpc) is 3.38. The highest BCUT2D eigenvalue weighted by atomic mass is 19.1. The van der Waals surface area contributed by atoms with Crippen molar-refractivity contribution in [3.8, 4) is 0 Å². The van der Waals surface area contributed by atoms with Gasteiger partial charge in [-0.15, -0.1) is 0 Å². The van der Waals surface area contributed by atoms with E-state index in [9.17, 15) is 18.4 Å². The Morgan fingerprint density at radius 1 is 1.24 bits per heavy atom. The summed E-state index contributed by atoms with van der Waals surface area (Å²) in [6.07, 6.45) is 3.25. The summed E-state index contributed by atoms with van der Waals surface area (Å²) in [5.41, 5.74) is 1.91. The van der Waals surface area contributed by atoms with E-state index in [1.807, 2.05) is 0 Å². The van der Waals surface area contributed by atoms with E-state index in [0.29, 0.717) is 35.4 Å². The van der Waals surface area contributed by atoms with Crippen molar-refractivity contribution in [2.75, 3.05) is 24.4 Å². The molecule has 0 spiro atoms. The fourth-order valence-corrected chi connectivity index (χ4v) is 4.02. The predicted octanol–water partition coefficient (Wildman–Crippen LogP) is 3.85. The van der Waals surface area contributed by atoms with Crippen LogP contribution in [0.25, 0.3) is 11.0 Å². The van der Waals surface area contributed by atoms with Gasteiger partial charge in [0, 0.05) is 31.5 Å². The summed E-state index contributed by atoms with van der Waals surface area (Å²) < 4.78 is 39.4. The number of fused-ring (bicyclic) bond motifs is 1. The van der Waals surface area contributed by atoms with Crippen molar-refractivity contribution in [1.29, 1.82) is 0 Å². The van der Waals surface area contributed by atoms with Crippen molar-refractivity contribution < 1.29 is 27.8 Å². The van der Waals surface area contributed by atoms with Gasteiger partial charge in [0.2, 0.25) is 5.91 Å². The van der Waals surface area contributed by atoms with Crippen LogP contribution in [-0.2, 0) is 27.4 Å². The number of carbonyl (C=O) groups is 2. The standard InChI is InChI=1S/C23H24F2N4O4/c1-13(30)28-20-19-9-17(26-10-14-6-15(24)8-16(25)7-14)11-27-22(19)29(21(20)23(31)32-2)12-18-4-3-5-33-18/h6-9,11,18,26H,3-5,10,12H2,1-2H3,(H,28,30). The molecule has 2 aromatic heterocycles. The first-order valence-electron chi connectivity index (χ1n) is 10.5. The monoisotopic (exact) mass is 458 g/mol. The van der Waals surface area contributed by atoms with Crippen LogP contribution in [0.4, 0.5) is 20.2 Å². The summed E-state index contributed by atoms with van der Waals surface area (Å²) in [7, 11) is 1.27. The number of hydrogen-bond donors (Lipinski definition) is 2. The van der Waals surface area contributed by atoms with E-state index in [4.69, 9.17) is 9.47 Å². The van der Waals surface area contributed by atoms with E-state index < -0.39 is 17.6 Å². The van der Waals surface area contributed by atoms with E-state index in [2.05, 4.69) is 15.6 Å². The molecule has 1 aliphatic rings. The van der Waals surface area contributed by atoms with Gasteiger partial charge in [-0.2, -0.15) is 0 Å². The molecule has 8 nitrogen and oxygen atoms in total. The smallest absolute Gasteiger partial charge is 0.356 e. The maximum Gasteiger partial charge on any atom is 0.356 e. The molecule has 0 radical (unpaired) electrons. The Morgan fingerprint density at radius 2 is 2.00 bits per heavy atom. The minimum Gasteiger partial charge on any atom is -0.464 e. The summed E-state index contributed by atoms with van der Waals surface area (Å²) >= 11 is 0. The Bertz CT molecular complexity index is 1180. The van der Waals surface area contributed by atoms with Gasteiger partial charge in [0.1, 0.15) is 17.3 Å². The van der Waals surface area contributed by atoms with Gasteiger partial charge in [0.25, 0.3) is 0 Å². The van der Waals surface area contributed by atoms with Crippen LogP contribution < -0.4 is 10.6 Å². The lowest BCUT2D eigenvalue weighted by atomic mass is 10.2. The second kappa shape index (κ2) is 9.53. The maximum absolute atomic E-state index is 13.5. The number of benzene rings is 1. The average molecular weight is 458 g/mol. The lowest BCUT2D eigenvalue weighted by Gasteiger charge is -2.14. The van der Waals surface area contributed by atoms with Gasteiger partial charge in [-0.1, -0.05) is 0 Å². The van der Waals surface area contributed by atoms with Crippen LogP contribution in [0.15, 0.2) is 30.5 Å². The van der Waals surface area contributed by atoms with Crippen molar-refractivity contribution in [2.45, 2.75) is 39.0 Å². The minimum atomic E-state index is -0.665. The molecule has 4 rings (SSSR count). The van der Waals surface area contributed by atoms with E-state index in [-0.39, 0.29) is 29.9 Å². The van der Waals surface area contributed by atoms with Crippen LogP contribution in [0.5, 0.6) is 0 Å². The zero-order valence-electron chi connectivity index (χ0n) is 18.3. The quantitative estimate of drug-likeness (QED) is 0.523. The number of pyridine rings is 1. The third-order valence-electron chi connectivity index (χ3n) is 5.41. The first-order chi connectivity index (χ1) is 15.9. The van der Waals surface area contributed by atoms with Gasteiger partial charge in [-0.3, -0.25) is 4.79 Å². The topological polar surface area (TPSA) is 94.5 Å². The van der Waals surface area contributed by atoms with Crippen LogP contribution in [-0.4, -0.2) is 41.2 Å². The fourth-order valence-electron chi connectivity index (χ4n) is 4.02. The Kier molecular flexibility index (Phi) is 6.55. The molecule has 0 aliphatic carbocycles. The maximum atomic E-state index is 13.5. The molecule has 1 unspecified atom stereocenters. The number of nitrogens with zero attached hydrogens (tertiary/aromatic N) is 2. The zero-order chi connectivity index (χ0) is 23.5. The molecule has 1 aliphatic heterocycles. The largest absolute Gasteiger partial charge is 0.464 e. The molecule has 3 aromatic rings. The van der Waals surface area contributed by atoms with E-state index in [1.54, 1.807) is 16.8 Å². The summed E-state index contributed by atoms with van der Waals surface area (Å²) in [5, 5.41) is 6.33. The molecule has 0 saturated carbocycles. The van der Waals surface area contributed by atoms with Gasteiger partial charge in [0.15, 0.2) is 5.69 Å². The molecule has 1 saturated heterocycles. The normalized spacial score (nSPS) is 15.6. The zero-order valence-corrected chi connectivity index (χ0v) is 18.3. The molecule has 174 valence electrons. The molecular weight excluding hydrogens is 434 g/mol. The number of anilines is 2. The number of carbonyl (C=O) groups excluding carboxylic acids is 2. The Hall–Kier alpha value is -3.53. The summed E-state index contributed by atoms with van der Waals surface area (Å²) in [6, 6.07) is 5.00. The van der Waals surface area contributed by atoms with Gasteiger partial charge in [-0.05, 0) is 36.6 Å². The third kappa shape index (κ3) is 4.95. The first kappa shape index (κ1) is 22.7. The summed E-state index contributed by atoms with van der Waals surface area (Å²) in [6.45, 7) is 2.52. The van der Waals surface area contributed by atoms with Gasteiger partial charge in [0.05, 0.1) is 37.3 Å². The molecular formula is C23H24F2N4O4. The predicted molar refractivity (Wildman–Crippen MR) is 118 cm³/mol. The Labute approximate surface area is 188 Å². The number of aromatic nitrogens is 2. The van der Waals surface area contributed by atoms with Crippen LogP contribution >= 0.6 is 0 Å². The Balaban J connectivity index is 1.74. The second-order valence-corrected chi connectivity index (χ2v) is 7.87. The molecule has 0 bridgehead atoms. The highest BCUT2D eigenvalue weighted by Gasteiger charge is 2.28. The second-order valence-electron chi connectivity index (χ2n) is 7.87. The lowest BCUT2D eigenvalue weighted by Crippen LogP contribution is -2.21. The van der Waals surface area contributed by atoms with E-state index >= 15 is 0 Å². The number of ether oxygens (including phenoxy) is 2. The molecule has 1 fully saturated rings. The minimum absolute atomic E-state index is 0.0864. The number of rotatable bonds is 7. The number of esters is 1. The fraction of sp³-hybridized carbons (Fsp3) is 0.348. The third-order valence-corrected chi connectivity index (χ3v) is 5.41. The van der Waals surface area contributed by atoms with Crippen LogP contribution in [0.1, 0.15) is 35.8 Å². The summed E-state index contributed by atoms with van der Waals surface area (Å²) in [5.74, 6) is -2.30. The van der Waals surface area contributed by atoms with E-state index in [1.165, 1.54) is 26.2 Å². The highest BCUT2D eigenvalue weighted by molar-refractivity contribution is 6.10. The molecule has 1 aromatic carbocycles. The van der Waals surface area contributed by atoms with Gasteiger partial charge in [-0.25, -0.2) is 18.6 Å². The SMILES string of the molecule is COC(=O)c1c(NC(C)=O)c2cc(NCc3cc(F)cc(F)c3)cnc2n1CC1CCCO1.